The third kappa shape index (κ3) is 4.56. The predicted octanol–water partition coefficient (Wildman–Crippen LogP) is 0.494. The molecule has 0 fully saturated rings. The first-order valence-corrected chi connectivity index (χ1v) is 7.36. The van der Waals surface area contributed by atoms with Gasteiger partial charge in [-0.2, -0.15) is 5.10 Å². The molecule has 0 atom stereocenters. The van der Waals surface area contributed by atoms with Gasteiger partial charge in [0, 0.05) is 19.0 Å². The second kappa shape index (κ2) is 5.81. The number of hydrogen-bond acceptors (Lipinski definition) is 5. The van der Waals surface area contributed by atoms with E-state index in [2.05, 4.69) is 5.10 Å². The zero-order valence-corrected chi connectivity index (χ0v) is 10.7. The highest BCUT2D eigenvalue weighted by Crippen LogP contribution is 2.03. The second-order valence-corrected chi connectivity index (χ2v) is 5.90. The number of carbonyl (C=O) groups is 1. The van der Waals surface area contributed by atoms with Crippen LogP contribution in [-0.2, 0) is 21.1 Å². The van der Waals surface area contributed by atoms with E-state index in [1.165, 1.54) is 17.1 Å². The van der Waals surface area contributed by atoms with Crippen molar-refractivity contribution in [1.82, 2.24) is 9.78 Å². The van der Waals surface area contributed by atoms with E-state index >= 15 is 0 Å². The fourth-order valence-corrected chi connectivity index (χ4v) is 2.02. The molecule has 0 spiro atoms. The molecule has 0 saturated carbocycles. The lowest BCUT2D eigenvalue weighted by atomic mass is 10.4. The highest BCUT2D eigenvalue weighted by molar-refractivity contribution is 7.90. The maximum Gasteiger partial charge on any atom is 0.356 e. The fraction of sp³-hybridized carbons (Fsp3) is 0.600. The Morgan fingerprint density at radius 1 is 1.53 bits per heavy atom. The van der Waals surface area contributed by atoms with Gasteiger partial charge in [0.05, 0.1) is 12.4 Å². The standard InChI is InChI=1S/C10H16N2O4S/c1-3-16-10(13)9-5-6-11-12(9)7-4-8-17(2,14)15/h5-6H,3-4,7-8H2,1-2H3. The highest BCUT2D eigenvalue weighted by Gasteiger charge is 2.13. The molecule has 0 aromatic carbocycles. The number of sulfone groups is 1. The van der Waals surface area contributed by atoms with Crippen molar-refractivity contribution < 1.29 is 17.9 Å². The number of nitrogens with zero attached hydrogens (tertiary/aromatic N) is 2. The Kier molecular flexibility index (Phi) is 4.68. The Bertz CT molecular complexity index is 478. The molecular weight excluding hydrogens is 244 g/mol. The molecule has 0 radical (unpaired) electrons. The highest BCUT2D eigenvalue weighted by atomic mass is 32.2. The molecule has 0 unspecified atom stereocenters. The first kappa shape index (κ1) is 13.7. The van der Waals surface area contributed by atoms with Gasteiger partial charge in [-0.1, -0.05) is 0 Å². The molecule has 0 N–H and O–H groups in total. The van der Waals surface area contributed by atoms with E-state index in [-0.39, 0.29) is 5.75 Å². The molecule has 1 aromatic heterocycles. The second-order valence-electron chi connectivity index (χ2n) is 3.64. The lowest BCUT2D eigenvalue weighted by Gasteiger charge is -2.06. The van der Waals surface area contributed by atoms with Crippen LogP contribution in [-0.4, -0.2) is 42.8 Å². The van der Waals surface area contributed by atoms with Gasteiger partial charge < -0.3 is 4.74 Å². The van der Waals surface area contributed by atoms with E-state index in [4.69, 9.17) is 4.74 Å². The van der Waals surface area contributed by atoms with Gasteiger partial charge in [-0.05, 0) is 19.4 Å². The maximum atomic E-state index is 11.5. The number of ether oxygens (including phenoxy) is 1. The molecule has 96 valence electrons. The van der Waals surface area contributed by atoms with E-state index in [0.717, 1.165) is 0 Å². The molecule has 0 aliphatic carbocycles. The van der Waals surface area contributed by atoms with Gasteiger partial charge in [0.15, 0.2) is 0 Å². The normalized spacial score (nSPS) is 11.4. The van der Waals surface area contributed by atoms with E-state index in [1.54, 1.807) is 13.0 Å². The maximum absolute atomic E-state index is 11.5. The molecule has 0 aliphatic rings. The number of esters is 1. The van der Waals surface area contributed by atoms with Crippen LogP contribution in [0.5, 0.6) is 0 Å². The average Bonchev–Trinajstić information content (AvgIpc) is 2.64. The van der Waals surface area contributed by atoms with Crippen molar-refractivity contribution in [2.45, 2.75) is 19.9 Å². The molecule has 7 heteroatoms. The van der Waals surface area contributed by atoms with Crippen LogP contribution >= 0.6 is 0 Å². The summed E-state index contributed by atoms with van der Waals surface area (Å²) in [7, 11) is -2.98. The third-order valence-corrected chi connectivity index (χ3v) is 3.12. The summed E-state index contributed by atoms with van der Waals surface area (Å²) in [5.41, 5.74) is 0.348. The summed E-state index contributed by atoms with van der Waals surface area (Å²) in [5, 5.41) is 3.96. The van der Waals surface area contributed by atoms with Crippen LogP contribution in [0.15, 0.2) is 12.3 Å². The molecule has 17 heavy (non-hydrogen) atoms. The number of rotatable bonds is 6. The van der Waals surface area contributed by atoms with Crippen LogP contribution in [0.2, 0.25) is 0 Å². The number of aromatic nitrogens is 2. The van der Waals surface area contributed by atoms with E-state index in [9.17, 15) is 13.2 Å². The fourth-order valence-electron chi connectivity index (χ4n) is 1.37. The molecule has 0 aliphatic heterocycles. The summed E-state index contributed by atoms with van der Waals surface area (Å²) in [6.07, 6.45) is 3.10. The SMILES string of the molecule is CCOC(=O)c1ccnn1CCCS(C)(=O)=O. The van der Waals surface area contributed by atoms with Gasteiger partial charge in [0.25, 0.3) is 0 Å². The minimum absolute atomic E-state index is 0.0785. The Morgan fingerprint density at radius 3 is 2.82 bits per heavy atom. The van der Waals surface area contributed by atoms with Crippen LogP contribution in [0.1, 0.15) is 23.8 Å². The van der Waals surface area contributed by atoms with Crippen molar-refractivity contribution in [3.63, 3.8) is 0 Å². The number of hydrogen-bond donors (Lipinski definition) is 0. The molecule has 0 amide bonds. The van der Waals surface area contributed by atoms with Crippen molar-refractivity contribution in [1.29, 1.82) is 0 Å². The van der Waals surface area contributed by atoms with E-state index < -0.39 is 15.8 Å². The van der Waals surface area contributed by atoms with Crippen molar-refractivity contribution >= 4 is 15.8 Å². The topological polar surface area (TPSA) is 78.3 Å². The number of carbonyl (C=O) groups excluding carboxylic acids is 1. The first-order valence-electron chi connectivity index (χ1n) is 5.30. The molecule has 1 aromatic rings. The summed E-state index contributed by atoms with van der Waals surface area (Å²) < 4.78 is 28.2. The number of aryl methyl sites for hydroxylation is 1. The summed E-state index contributed by atoms with van der Waals surface area (Å²) >= 11 is 0. The molecule has 1 rings (SSSR count). The monoisotopic (exact) mass is 260 g/mol. The van der Waals surface area contributed by atoms with Crippen LogP contribution in [0, 0.1) is 0 Å². The van der Waals surface area contributed by atoms with Gasteiger partial charge in [0.2, 0.25) is 0 Å². The smallest absolute Gasteiger partial charge is 0.356 e. The summed E-state index contributed by atoms with van der Waals surface area (Å²) in [6, 6.07) is 1.55. The molecule has 0 bridgehead atoms. The van der Waals surface area contributed by atoms with Gasteiger partial charge in [-0.25, -0.2) is 13.2 Å². The van der Waals surface area contributed by atoms with Gasteiger partial charge in [-0.3, -0.25) is 4.68 Å². The third-order valence-electron chi connectivity index (χ3n) is 2.09. The zero-order valence-electron chi connectivity index (χ0n) is 9.92. The van der Waals surface area contributed by atoms with Crippen molar-refractivity contribution in [3.8, 4) is 0 Å². The lowest BCUT2D eigenvalue weighted by Crippen LogP contribution is -2.15. The molecule has 1 heterocycles. The largest absolute Gasteiger partial charge is 0.461 e. The van der Waals surface area contributed by atoms with Crippen molar-refractivity contribution in [2.75, 3.05) is 18.6 Å². The van der Waals surface area contributed by atoms with Gasteiger partial charge in [0.1, 0.15) is 15.5 Å². The van der Waals surface area contributed by atoms with Gasteiger partial charge in [-0.15, -0.1) is 0 Å². The van der Waals surface area contributed by atoms with Crippen LogP contribution in [0.25, 0.3) is 0 Å². The summed E-state index contributed by atoms with van der Waals surface area (Å²) in [5.74, 6) is -0.362. The minimum atomic E-state index is -2.98. The Morgan fingerprint density at radius 2 is 2.24 bits per heavy atom. The van der Waals surface area contributed by atoms with Crippen LogP contribution in [0.4, 0.5) is 0 Å². The first-order chi connectivity index (χ1) is 7.94. The van der Waals surface area contributed by atoms with Crippen molar-refractivity contribution in [3.05, 3.63) is 18.0 Å². The summed E-state index contributed by atoms with van der Waals surface area (Å²) in [4.78, 5) is 11.5. The molecular formula is C10H16N2O4S. The van der Waals surface area contributed by atoms with Gasteiger partial charge >= 0.3 is 5.97 Å². The van der Waals surface area contributed by atoms with Crippen molar-refractivity contribution in [2.24, 2.45) is 0 Å². The Labute approximate surface area is 100 Å². The minimum Gasteiger partial charge on any atom is -0.461 e. The Hall–Kier alpha value is -1.37. The van der Waals surface area contributed by atoms with Crippen LogP contribution in [0.3, 0.4) is 0 Å². The molecule has 6 nitrogen and oxygen atoms in total. The lowest BCUT2D eigenvalue weighted by molar-refractivity contribution is 0.0511. The Balaban J connectivity index is 2.60. The molecule has 0 saturated heterocycles. The quantitative estimate of drug-likeness (QED) is 0.696. The summed E-state index contributed by atoms with van der Waals surface area (Å²) in [6.45, 7) is 2.41. The average molecular weight is 260 g/mol. The predicted molar refractivity (Wildman–Crippen MR) is 62.5 cm³/mol. The van der Waals surface area contributed by atoms with E-state index in [1.807, 2.05) is 0 Å². The van der Waals surface area contributed by atoms with Crippen LogP contribution < -0.4 is 0 Å². The van der Waals surface area contributed by atoms with E-state index in [0.29, 0.717) is 25.3 Å². The zero-order chi connectivity index (χ0) is 12.9.